The minimum Gasteiger partial charge on any atom is -0.475 e. The third kappa shape index (κ3) is 4.01. The molecular weight excluding hydrogens is 290 g/mol. The first-order valence-corrected chi connectivity index (χ1v) is 7.39. The largest absolute Gasteiger partial charge is 0.475 e. The van der Waals surface area contributed by atoms with Gasteiger partial charge in [-0.25, -0.2) is 4.79 Å². The monoisotopic (exact) mass is 307 g/mol. The molecule has 0 saturated carbocycles. The maximum Gasteiger partial charge on any atom is 0.371 e. The van der Waals surface area contributed by atoms with Crippen molar-refractivity contribution in [1.29, 1.82) is 0 Å². The first-order valence-electron chi connectivity index (χ1n) is 7.39. The van der Waals surface area contributed by atoms with Crippen molar-refractivity contribution in [3.05, 3.63) is 89.4 Å². The molecule has 23 heavy (non-hydrogen) atoms. The van der Waals surface area contributed by atoms with Crippen LogP contribution in [0.1, 0.15) is 27.4 Å². The zero-order valence-corrected chi connectivity index (χ0v) is 12.5. The van der Waals surface area contributed by atoms with Crippen LogP contribution in [0.3, 0.4) is 0 Å². The van der Waals surface area contributed by atoms with E-state index in [4.69, 9.17) is 9.52 Å². The van der Waals surface area contributed by atoms with Gasteiger partial charge in [0.1, 0.15) is 5.76 Å². The zero-order chi connectivity index (χ0) is 16.1. The summed E-state index contributed by atoms with van der Waals surface area (Å²) in [7, 11) is 0. The Kier molecular flexibility index (Phi) is 4.43. The van der Waals surface area contributed by atoms with E-state index < -0.39 is 5.97 Å². The minimum absolute atomic E-state index is 0.0417. The molecule has 0 amide bonds. The maximum atomic E-state index is 10.8. The topological polar surface area (TPSA) is 62.5 Å². The SMILES string of the molecule is O=C(O)c1ccc(CNc2ccc(Cc3ccccc3)cc2)o1. The summed E-state index contributed by atoms with van der Waals surface area (Å²) in [6, 6.07) is 21.6. The number of rotatable bonds is 6. The summed E-state index contributed by atoms with van der Waals surface area (Å²) >= 11 is 0. The van der Waals surface area contributed by atoms with Crippen molar-refractivity contribution in [2.75, 3.05) is 5.32 Å². The van der Waals surface area contributed by atoms with Crippen molar-refractivity contribution < 1.29 is 14.3 Å². The van der Waals surface area contributed by atoms with Crippen LogP contribution in [-0.2, 0) is 13.0 Å². The van der Waals surface area contributed by atoms with Crippen LogP contribution in [0, 0.1) is 0 Å². The molecule has 116 valence electrons. The molecule has 1 heterocycles. The second kappa shape index (κ2) is 6.83. The lowest BCUT2D eigenvalue weighted by atomic mass is 10.0. The minimum atomic E-state index is -1.05. The van der Waals surface area contributed by atoms with Gasteiger partial charge in [-0.05, 0) is 41.8 Å². The van der Waals surface area contributed by atoms with Crippen LogP contribution in [0.4, 0.5) is 5.69 Å². The highest BCUT2D eigenvalue weighted by atomic mass is 16.4. The molecule has 0 aliphatic rings. The number of aromatic carboxylic acids is 1. The quantitative estimate of drug-likeness (QED) is 0.717. The molecule has 0 aliphatic carbocycles. The Morgan fingerprint density at radius 2 is 1.61 bits per heavy atom. The maximum absolute atomic E-state index is 10.8. The van der Waals surface area contributed by atoms with E-state index in [2.05, 4.69) is 29.6 Å². The molecule has 3 aromatic rings. The number of furan rings is 1. The fourth-order valence-electron chi connectivity index (χ4n) is 2.35. The number of carboxylic acids is 1. The van der Waals surface area contributed by atoms with E-state index in [1.54, 1.807) is 6.07 Å². The summed E-state index contributed by atoms with van der Waals surface area (Å²) in [5.41, 5.74) is 3.49. The standard InChI is InChI=1S/C19H17NO3/c21-19(22)18-11-10-17(23-18)13-20-16-8-6-15(7-9-16)12-14-4-2-1-3-5-14/h1-11,20H,12-13H2,(H,21,22). The van der Waals surface area contributed by atoms with E-state index >= 15 is 0 Å². The first kappa shape index (κ1) is 14.9. The van der Waals surface area contributed by atoms with Crippen LogP contribution in [0.5, 0.6) is 0 Å². The summed E-state index contributed by atoms with van der Waals surface area (Å²) in [5, 5.41) is 12.0. The van der Waals surface area contributed by atoms with Crippen LogP contribution in [0.15, 0.2) is 71.1 Å². The van der Waals surface area contributed by atoms with Gasteiger partial charge in [-0.2, -0.15) is 0 Å². The second-order valence-electron chi connectivity index (χ2n) is 5.28. The summed E-state index contributed by atoms with van der Waals surface area (Å²) in [6.07, 6.45) is 0.904. The molecule has 0 fully saturated rings. The summed E-state index contributed by atoms with van der Waals surface area (Å²) < 4.78 is 5.21. The van der Waals surface area contributed by atoms with Gasteiger partial charge >= 0.3 is 5.97 Å². The highest BCUT2D eigenvalue weighted by molar-refractivity contribution is 5.84. The number of carbonyl (C=O) groups is 1. The van der Waals surface area contributed by atoms with Gasteiger partial charge in [-0.15, -0.1) is 0 Å². The molecular formula is C19H17NO3. The Morgan fingerprint density at radius 1 is 0.913 bits per heavy atom. The Hall–Kier alpha value is -3.01. The van der Waals surface area contributed by atoms with Gasteiger partial charge in [0, 0.05) is 5.69 Å². The van der Waals surface area contributed by atoms with Crippen molar-refractivity contribution in [1.82, 2.24) is 0 Å². The van der Waals surface area contributed by atoms with E-state index in [0.29, 0.717) is 12.3 Å². The van der Waals surface area contributed by atoms with Crippen molar-refractivity contribution in [3.63, 3.8) is 0 Å². The smallest absolute Gasteiger partial charge is 0.371 e. The summed E-state index contributed by atoms with van der Waals surface area (Å²) in [6.45, 7) is 0.450. The van der Waals surface area contributed by atoms with Gasteiger partial charge < -0.3 is 14.8 Å². The van der Waals surface area contributed by atoms with Gasteiger partial charge in [0.2, 0.25) is 5.76 Å². The number of nitrogens with one attached hydrogen (secondary N) is 1. The van der Waals surface area contributed by atoms with E-state index in [1.165, 1.54) is 17.2 Å². The molecule has 2 aromatic carbocycles. The van der Waals surface area contributed by atoms with Crippen LogP contribution in [0.25, 0.3) is 0 Å². The van der Waals surface area contributed by atoms with E-state index in [1.807, 2.05) is 30.3 Å². The molecule has 0 radical (unpaired) electrons. The van der Waals surface area contributed by atoms with Crippen LogP contribution < -0.4 is 5.32 Å². The molecule has 4 heteroatoms. The molecule has 4 nitrogen and oxygen atoms in total. The fraction of sp³-hybridized carbons (Fsp3) is 0.105. The van der Waals surface area contributed by atoms with Crippen LogP contribution >= 0.6 is 0 Å². The lowest BCUT2D eigenvalue weighted by molar-refractivity contribution is 0.0660. The van der Waals surface area contributed by atoms with E-state index in [0.717, 1.165) is 12.1 Å². The average molecular weight is 307 g/mol. The van der Waals surface area contributed by atoms with Gasteiger partial charge in [0.15, 0.2) is 0 Å². The zero-order valence-electron chi connectivity index (χ0n) is 12.5. The van der Waals surface area contributed by atoms with E-state index in [9.17, 15) is 4.79 Å². The second-order valence-corrected chi connectivity index (χ2v) is 5.28. The molecule has 0 saturated heterocycles. The first-order chi connectivity index (χ1) is 11.2. The van der Waals surface area contributed by atoms with Crippen LogP contribution in [0.2, 0.25) is 0 Å². The predicted molar refractivity (Wildman–Crippen MR) is 88.7 cm³/mol. The Balaban J connectivity index is 1.57. The molecule has 1 aromatic heterocycles. The van der Waals surface area contributed by atoms with E-state index in [-0.39, 0.29) is 5.76 Å². The number of carboxylic acid groups (broad SMARTS) is 1. The molecule has 0 unspecified atom stereocenters. The number of hydrogen-bond donors (Lipinski definition) is 2. The van der Waals surface area contributed by atoms with Gasteiger partial charge in [-0.3, -0.25) is 0 Å². The molecule has 2 N–H and O–H groups in total. The van der Waals surface area contributed by atoms with Gasteiger partial charge in [0.25, 0.3) is 0 Å². The van der Waals surface area contributed by atoms with Gasteiger partial charge in [-0.1, -0.05) is 42.5 Å². The fourth-order valence-corrected chi connectivity index (χ4v) is 2.35. The average Bonchev–Trinajstić information content (AvgIpc) is 3.04. The Labute approximate surface area is 134 Å². The highest BCUT2D eigenvalue weighted by Gasteiger charge is 2.08. The van der Waals surface area contributed by atoms with Gasteiger partial charge in [0.05, 0.1) is 6.54 Å². The molecule has 0 atom stereocenters. The van der Waals surface area contributed by atoms with Crippen molar-refractivity contribution in [3.8, 4) is 0 Å². The number of anilines is 1. The van der Waals surface area contributed by atoms with Crippen molar-refractivity contribution in [2.24, 2.45) is 0 Å². The molecule has 0 bridgehead atoms. The predicted octanol–water partition coefficient (Wildman–Crippen LogP) is 4.18. The highest BCUT2D eigenvalue weighted by Crippen LogP contribution is 2.15. The lowest BCUT2D eigenvalue weighted by Crippen LogP contribution is -1.99. The van der Waals surface area contributed by atoms with Crippen molar-refractivity contribution >= 4 is 11.7 Å². The third-order valence-corrected chi connectivity index (χ3v) is 3.54. The number of benzene rings is 2. The third-order valence-electron chi connectivity index (χ3n) is 3.54. The normalized spacial score (nSPS) is 10.4. The lowest BCUT2D eigenvalue weighted by Gasteiger charge is -2.06. The molecule has 0 aliphatic heterocycles. The molecule has 0 spiro atoms. The number of hydrogen-bond acceptors (Lipinski definition) is 3. The molecule has 3 rings (SSSR count). The summed E-state index contributed by atoms with van der Waals surface area (Å²) in [4.78, 5) is 10.8. The van der Waals surface area contributed by atoms with Crippen molar-refractivity contribution in [2.45, 2.75) is 13.0 Å². The van der Waals surface area contributed by atoms with Crippen LogP contribution in [-0.4, -0.2) is 11.1 Å². The Bertz CT molecular complexity index is 776. The Morgan fingerprint density at radius 3 is 2.26 bits per heavy atom. The summed E-state index contributed by atoms with van der Waals surface area (Å²) in [5.74, 6) is -0.503.